The molecule has 6 rings (SSSR count). The number of carbonyl (C=O) groups excluding carboxylic acids is 1. The fourth-order valence-corrected chi connectivity index (χ4v) is 8.00. The minimum absolute atomic E-state index is 0.141. The number of anilines is 1. The van der Waals surface area contributed by atoms with Gasteiger partial charge in [0, 0.05) is 36.7 Å². The molecule has 2 heterocycles. The number of nitriles is 1. The first-order chi connectivity index (χ1) is 20.2. The van der Waals surface area contributed by atoms with Gasteiger partial charge < -0.3 is 15.0 Å². The van der Waals surface area contributed by atoms with Crippen molar-refractivity contribution in [3.8, 4) is 27.5 Å². The van der Waals surface area contributed by atoms with Gasteiger partial charge in [0.25, 0.3) is 5.19 Å². The molecule has 2 atom stereocenters. The highest BCUT2D eigenvalue weighted by molar-refractivity contribution is 8.24. The molecule has 0 unspecified atom stereocenters. The van der Waals surface area contributed by atoms with Crippen molar-refractivity contribution in [2.45, 2.75) is 50.0 Å². The van der Waals surface area contributed by atoms with Gasteiger partial charge in [-0.1, -0.05) is 36.3 Å². The van der Waals surface area contributed by atoms with Crippen LogP contribution in [0.3, 0.4) is 0 Å². The SMILES string of the molecule is N#CC1(NC(=O)[C@@H]2CCCC[C@H]2c2nc(Oc3ccc(F)cc3F)sc2-c2ccc(N3CCS(O)(O)CC3)cc2)CC1. The summed E-state index contributed by atoms with van der Waals surface area (Å²) >= 11 is 1.24. The van der Waals surface area contributed by atoms with E-state index >= 15 is 0 Å². The van der Waals surface area contributed by atoms with Crippen LogP contribution in [0.1, 0.15) is 50.1 Å². The highest BCUT2D eigenvalue weighted by Crippen LogP contribution is 2.48. The van der Waals surface area contributed by atoms with E-state index in [9.17, 15) is 27.9 Å². The highest BCUT2D eigenvalue weighted by Gasteiger charge is 2.47. The molecule has 42 heavy (non-hydrogen) atoms. The first-order valence-electron chi connectivity index (χ1n) is 14.1. The predicted molar refractivity (Wildman–Crippen MR) is 159 cm³/mol. The molecule has 1 amide bonds. The molecule has 3 aromatic rings. The van der Waals surface area contributed by atoms with Crippen molar-refractivity contribution in [1.29, 1.82) is 5.26 Å². The van der Waals surface area contributed by atoms with Crippen LogP contribution in [-0.4, -0.2) is 50.1 Å². The van der Waals surface area contributed by atoms with Crippen molar-refractivity contribution in [3.63, 3.8) is 0 Å². The summed E-state index contributed by atoms with van der Waals surface area (Å²) < 4.78 is 53.7. The van der Waals surface area contributed by atoms with E-state index in [2.05, 4.69) is 16.3 Å². The molecule has 2 aromatic carbocycles. The van der Waals surface area contributed by atoms with Gasteiger partial charge in [0.15, 0.2) is 11.6 Å². The standard InChI is InChI=1S/C30H32F2N4O4S2/c31-20-7-10-25(24(32)17-20)40-29-34-26(22-3-1-2-4-23(22)28(37)35-30(18-33)11-12-30)27(41-29)19-5-8-21(9-6-19)36-13-15-42(38,39)16-14-36/h5-10,17,22-23,38-39H,1-4,11-16H2,(H,35,37)/t22-,23-/m1/s1. The Morgan fingerprint density at radius 3 is 2.50 bits per heavy atom. The average molecular weight is 615 g/mol. The molecule has 3 N–H and O–H groups in total. The van der Waals surface area contributed by atoms with Gasteiger partial charge in [0.05, 0.1) is 28.1 Å². The topological polar surface area (TPSA) is 119 Å². The summed E-state index contributed by atoms with van der Waals surface area (Å²) in [5, 5.41) is 12.7. The maximum atomic E-state index is 14.5. The van der Waals surface area contributed by atoms with Crippen molar-refractivity contribution in [2.24, 2.45) is 5.92 Å². The molecule has 2 saturated carbocycles. The van der Waals surface area contributed by atoms with E-state index in [-0.39, 0.29) is 28.7 Å². The summed E-state index contributed by atoms with van der Waals surface area (Å²) in [6.45, 7) is 1.11. The lowest BCUT2D eigenvalue weighted by molar-refractivity contribution is -0.127. The minimum atomic E-state index is -2.50. The van der Waals surface area contributed by atoms with Gasteiger partial charge >= 0.3 is 0 Å². The number of ether oxygens (including phenoxy) is 1. The fourth-order valence-electron chi connectivity index (χ4n) is 5.76. The summed E-state index contributed by atoms with van der Waals surface area (Å²) in [4.78, 5) is 21.2. The maximum Gasteiger partial charge on any atom is 0.279 e. The molecule has 3 fully saturated rings. The van der Waals surface area contributed by atoms with Crippen LogP contribution < -0.4 is 15.0 Å². The third-order valence-corrected chi connectivity index (χ3v) is 11.0. The first kappa shape index (κ1) is 28.9. The lowest BCUT2D eigenvalue weighted by Gasteiger charge is -2.41. The molecule has 8 nitrogen and oxygen atoms in total. The Labute approximate surface area is 248 Å². The number of aromatic nitrogens is 1. The molecule has 0 spiro atoms. The Hall–Kier alpha value is -3.24. The van der Waals surface area contributed by atoms with Crippen molar-refractivity contribution in [1.82, 2.24) is 10.3 Å². The molecule has 2 aliphatic carbocycles. The van der Waals surface area contributed by atoms with Crippen LogP contribution in [0.5, 0.6) is 10.9 Å². The number of hydrogen-bond donors (Lipinski definition) is 3. The van der Waals surface area contributed by atoms with Gasteiger partial charge in [-0.3, -0.25) is 13.9 Å². The number of hydrogen-bond acceptors (Lipinski definition) is 8. The van der Waals surface area contributed by atoms with Crippen molar-refractivity contribution < 1.29 is 27.4 Å². The largest absolute Gasteiger partial charge is 0.428 e. The second-order valence-electron chi connectivity index (χ2n) is 11.3. The third-order valence-electron chi connectivity index (χ3n) is 8.38. The Kier molecular flexibility index (Phi) is 7.87. The van der Waals surface area contributed by atoms with Gasteiger partial charge in [-0.25, -0.2) is 13.8 Å². The lowest BCUT2D eigenvalue weighted by atomic mass is 9.76. The molecule has 1 aliphatic heterocycles. The van der Waals surface area contributed by atoms with Crippen molar-refractivity contribution in [2.75, 3.05) is 29.5 Å². The second kappa shape index (κ2) is 11.4. The van der Waals surface area contributed by atoms with Crippen LogP contribution in [-0.2, 0) is 4.79 Å². The van der Waals surface area contributed by atoms with E-state index in [1.165, 1.54) is 17.4 Å². The quantitative estimate of drug-likeness (QED) is 0.265. The van der Waals surface area contributed by atoms with Gasteiger partial charge in [-0.05, 0) is 55.5 Å². The van der Waals surface area contributed by atoms with Crippen LogP contribution in [0.2, 0.25) is 0 Å². The molecular weight excluding hydrogens is 582 g/mol. The fraction of sp³-hybridized carbons (Fsp3) is 0.433. The number of benzene rings is 2. The molecule has 12 heteroatoms. The minimum Gasteiger partial charge on any atom is -0.428 e. The van der Waals surface area contributed by atoms with Crippen LogP contribution in [0.15, 0.2) is 42.5 Å². The number of amides is 1. The van der Waals surface area contributed by atoms with E-state index in [0.717, 1.165) is 47.5 Å². The predicted octanol–water partition coefficient (Wildman–Crippen LogP) is 6.90. The van der Waals surface area contributed by atoms with Gasteiger partial charge in [-0.2, -0.15) is 15.9 Å². The van der Waals surface area contributed by atoms with Crippen molar-refractivity contribution >= 4 is 33.5 Å². The van der Waals surface area contributed by atoms with Gasteiger partial charge in [0.2, 0.25) is 5.91 Å². The molecule has 0 bridgehead atoms. The summed E-state index contributed by atoms with van der Waals surface area (Å²) in [5.41, 5.74) is 1.75. The lowest BCUT2D eigenvalue weighted by Crippen LogP contribution is -2.42. The number of halogens is 2. The van der Waals surface area contributed by atoms with E-state index in [1.54, 1.807) is 0 Å². The highest BCUT2D eigenvalue weighted by atomic mass is 32.3. The van der Waals surface area contributed by atoms with E-state index in [1.807, 2.05) is 24.3 Å². The van der Waals surface area contributed by atoms with Gasteiger partial charge in [-0.15, -0.1) is 0 Å². The van der Waals surface area contributed by atoms with Crippen LogP contribution in [0.4, 0.5) is 14.5 Å². The number of nitrogens with zero attached hydrogens (tertiary/aromatic N) is 3. The Morgan fingerprint density at radius 1 is 1.12 bits per heavy atom. The van der Waals surface area contributed by atoms with E-state index in [4.69, 9.17) is 9.72 Å². The maximum absolute atomic E-state index is 14.5. The average Bonchev–Trinajstić information content (AvgIpc) is 3.63. The smallest absolute Gasteiger partial charge is 0.279 e. The summed E-state index contributed by atoms with van der Waals surface area (Å²) in [6.07, 6.45) is 4.52. The summed E-state index contributed by atoms with van der Waals surface area (Å²) in [6, 6.07) is 13.2. The number of thiazole rings is 1. The molecule has 1 aromatic heterocycles. The summed E-state index contributed by atoms with van der Waals surface area (Å²) in [5.74, 6) is -1.74. The number of nitrogens with one attached hydrogen (secondary N) is 1. The first-order valence-corrected chi connectivity index (χ1v) is 16.8. The molecular formula is C30H32F2N4O4S2. The van der Waals surface area contributed by atoms with Gasteiger partial charge in [0.1, 0.15) is 11.4 Å². The van der Waals surface area contributed by atoms with E-state index in [0.29, 0.717) is 49.6 Å². The van der Waals surface area contributed by atoms with Crippen LogP contribution in [0, 0.1) is 28.9 Å². The Morgan fingerprint density at radius 2 is 1.83 bits per heavy atom. The van der Waals surface area contributed by atoms with E-state index < -0.39 is 27.8 Å². The number of carbonyl (C=O) groups is 1. The van der Waals surface area contributed by atoms with Crippen LogP contribution >= 0.6 is 21.9 Å². The summed E-state index contributed by atoms with van der Waals surface area (Å²) in [7, 11) is -2.50. The zero-order chi connectivity index (χ0) is 29.5. The zero-order valence-electron chi connectivity index (χ0n) is 22.9. The Bertz CT molecular complexity index is 1510. The Balaban J connectivity index is 1.32. The van der Waals surface area contributed by atoms with Crippen LogP contribution in [0.25, 0.3) is 10.4 Å². The third kappa shape index (κ3) is 6.10. The molecule has 3 aliphatic rings. The monoisotopic (exact) mass is 614 g/mol. The van der Waals surface area contributed by atoms with Crippen molar-refractivity contribution in [3.05, 3.63) is 59.8 Å². The normalized spacial score (nSPS) is 23.5. The zero-order valence-corrected chi connectivity index (χ0v) is 24.5. The molecule has 0 radical (unpaired) electrons. The molecule has 222 valence electrons. The molecule has 1 saturated heterocycles. The second-order valence-corrected chi connectivity index (χ2v) is 14.7. The number of rotatable bonds is 7.